The molecule has 0 fully saturated rings. The molecule has 0 saturated heterocycles. The van der Waals surface area contributed by atoms with Crippen molar-refractivity contribution < 1.29 is 4.74 Å². The van der Waals surface area contributed by atoms with Crippen molar-refractivity contribution in [2.45, 2.75) is 46.6 Å². The third-order valence-electron chi connectivity index (χ3n) is 5.48. The Labute approximate surface area is 207 Å². The summed E-state index contributed by atoms with van der Waals surface area (Å²) in [7, 11) is 1.96. The molecule has 8 nitrogen and oxygen atoms in total. The maximum atomic E-state index is 5.43. The number of aliphatic imine (C=N–C) groups is 1. The molecule has 0 aliphatic heterocycles. The minimum absolute atomic E-state index is 0. The molecule has 0 bridgehead atoms. The first-order chi connectivity index (χ1) is 15.1. The number of benzene rings is 1. The van der Waals surface area contributed by atoms with Crippen LogP contribution in [0.4, 0.5) is 0 Å². The molecule has 0 radical (unpaired) electrons. The summed E-state index contributed by atoms with van der Waals surface area (Å²) in [4.78, 5) is 8.17. The molecule has 0 amide bonds. The van der Waals surface area contributed by atoms with Gasteiger partial charge in [-0.15, -0.1) is 34.2 Å². The van der Waals surface area contributed by atoms with Crippen LogP contribution in [0.15, 0.2) is 29.4 Å². The number of hydrogen-bond acceptors (Lipinski definition) is 4. The molecule has 3 N–H and O–H groups in total. The summed E-state index contributed by atoms with van der Waals surface area (Å²) >= 11 is 0. The van der Waals surface area contributed by atoms with E-state index in [2.05, 4.69) is 57.1 Å². The second-order valence-electron chi connectivity index (χ2n) is 7.55. The average molecular weight is 553 g/mol. The zero-order valence-electron chi connectivity index (χ0n) is 19.6. The van der Waals surface area contributed by atoms with Gasteiger partial charge in [-0.25, -0.2) is 4.99 Å². The van der Waals surface area contributed by atoms with E-state index in [1.807, 2.05) is 25.5 Å². The average Bonchev–Trinajstić information content (AvgIpc) is 3.34. The number of aromatic amines is 1. The number of aromatic nitrogens is 4. The van der Waals surface area contributed by atoms with Gasteiger partial charge in [0, 0.05) is 50.5 Å². The number of nitrogens with one attached hydrogen (secondary N) is 3. The van der Waals surface area contributed by atoms with Crippen LogP contribution in [0.1, 0.15) is 43.0 Å². The van der Waals surface area contributed by atoms with E-state index in [1.165, 1.54) is 22.0 Å². The van der Waals surface area contributed by atoms with Crippen molar-refractivity contribution >= 4 is 40.8 Å². The molecule has 0 spiro atoms. The Morgan fingerprint density at radius 3 is 2.69 bits per heavy atom. The van der Waals surface area contributed by atoms with E-state index >= 15 is 0 Å². The summed E-state index contributed by atoms with van der Waals surface area (Å²) in [5, 5.41) is 16.5. The van der Waals surface area contributed by atoms with Crippen molar-refractivity contribution in [3.63, 3.8) is 0 Å². The van der Waals surface area contributed by atoms with Gasteiger partial charge in [0.15, 0.2) is 11.8 Å². The fraction of sp³-hybridized carbons (Fsp3) is 0.522. The van der Waals surface area contributed by atoms with Crippen molar-refractivity contribution in [1.29, 1.82) is 0 Å². The van der Waals surface area contributed by atoms with Crippen LogP contribution < -0.4 is 10.6 Å². The molecule has 32 heavy (non-hydrogen) atoms. The van der Waals surface area contributed by atoms with Crippen LogP contribution in [-0.4, -0.2) is 52.0 Å². The van der Waals surface area contributed by atoms with Crippen molar-refractivity contribution in [2.75, 3.05) is 26.3 Å². The highest BCUT2D eigenvalue weighted by Crippen LogP contribution is 2.22. The molecule has 3 aromatic rings. The van der Waals surface area contributed by atoms with Crippen molar-refractivity contribution in [2.24, 2.45) is 12.0 Å². The van der Waals surface area contributed by atoms with E-state index in [0.717, 1.165) is 63.2 Å². The molecular formula is C23H36IN7O. The number of guanidine groups is 1. The maximum absolute atomic E-state index is 5.43. The lowest BCUT2D eigenvalue weighted by atomic mass is 10.1. The minimum Gasteiger partial charge on any atom is -0.382 e. The monoisotopic (exact) mass is 553 g/mol. The molecule has 0 atom stereocenters. The smallest absolute Gasteiger partial charge is 0.191 e. The van der Waals surface area contributed by atoms with Gasteiger partial charge in [-0.05, 0) is 44.2 Å². The summed E-state index contributed by atoms with van der Waals surface area (Å²) in [6.45, 7) is 9.70. The highest BCUT2D eigenvalue weighted by atomic mass is 127. The van der Waals surface area contributed by atoms with Gasteiger partial charge in [-0.3, -0.25) is 0 Å². The maximum Gasteiger partial charge on any atom is 0.191 e. The Hall–Kier alpha value is -2.14. The van der Waals surface area contributed by atoms with Crippen LogP contribution in [0.2, 0.25) is 0 Å². The first-order valence-electron chi connectivity index (χ1n) is 11.2. The van der Waals surface area contributed by atoms with E-state index in [-0.39, 0.29) is 24.0 Å². The highest BCUT2D eigenvalue weighted by Gasteiger charge is 2.08. The number of fused-ring (bicyclic) bond motifs is 1. The van der Waals surface area contributed by atoms with Gasteiger partial charge in [-0.2, -0.15) is 0 Å². The summed E-state index contributed by atoms with van der Waals surface area (Å²) in [5.41, 5.74) is 3.92. The molecule has 0 aliphatic carbocycles. The molecule has 1 aromatic carbocycles. The van der Waals surface area contributed by atoms with E-state index < -0.39 is 0 Å². The third-order valence-corrected chi connectivity index (χ3v) is 5.48. The summed E-state index contributed by atoms with van der Waals surface area (Å²) < 4.78 is 7.39. The minimum atomic E-state index is 0. The van der Waals surface area contributed by atoms with E-state index in [4.69, 9.17) is 9.73 Å². The molecule has 9 heteroatoms. The van der Waals surface area contributed by atoms with E-state index in [1.54, 1.807) is 0 Å². The van der Waals surface area contributed by atoms with Crippen LogP contribution in [-0.2, 0) is 31.2 Å². The Bertz CT molecular complexity index is 996. The van der Waals surface area contributed by atoms with Gasteiger partial charge in [-0.1, -0.05) is 25.1 Å². The fourth-order valence-electron chi connectivity index (χ4n) is 3.53. The zero-order chi connectivity index (χ0) is 22.1. The van der Waals surface area contributed by atoms with Gasteiger partial charge >= 0.3 is 0 Å². The van der Waals surface area contributed by atoms with Gasteiger partial charge in [0.2, 0.25) is 0 Å². The number of rotatable bonds is 11. The predicted molar refractivity (Wildman–Crippen MR) is 141 cm³/mol. The number of hydrogen-bond donors (Lipinski definition) is 3. The lowest BCUT2D eigenvalue weighted by Crippen LogP contribution is -2.39. The standard InChI is InChI=1S/C23H35N7O.HI/c1-5-18-9-7-10-20-19(15-26-22(18)20)11-13-25-23(24-12-8-14-31-6-2)27-16-21-29-28-17(3)30(21)4;/h7,9-10,15,26H,5-6,8,11-14,16H2,1-4H3,(H2,24,25,27);1H. The van der Waals surface area contributed by atoms with E-state index in [0.29, 0.717) is 6.54 Å². The first-order valence-corrected chi connectivity index (χ1v) is 11.2. The number of halogens is 1. The summed E-state index contributed by atoms with van der Waals surface area (Å²) in [6, 6.07) is 6.52. The highest BCUT2D eigenvalue weighted by molar-refractivity contribution is 14.0. The molecule has 3 rings (SSSR count). The van der Waals surface area contributed by atoms with Crippen molar-refractivity contribution in [1.82, 2.24) is 30.4 Å². The first kappa shape index (κ1) is 26.1. The van der Waals surface area contributed by atoms with Crippen LogP contribution in [0.3, 0.4) is 0 Å². The molecule has 0 unspecified atom stereocenters. The molecule has 0 saturated carbocycles. The molecule has 176 valence electrons. The Balaban J connectivity index is 0.00000363. The number of H-pyrrole nitrogens is 1. The number of aryl methyl sites for hydroxylation is 2. The van der Waals surface area contributed by atoms with Gasteiger partial charge < -0.3 is 24.9 Å². The second-order valence-corrected chi connectivity index (χ2v) is 7.55. The Morgan fingerprint density at radius 1 is 1.16 bits per heavy atom. The SMILES string of the molecule is CCOCCCNC(=NCc1nnc(C)n1C)NCCc1c[nH]c2c(CC)cccc12.I. The number of para-hydroxylation sites is 1. The Kier molecular flexibility index (Phi) is 10.9. The van der Waals surface area contributed by atoms with Crippen LogP contribution >= 0.6 is 24.0 Å². The summed E-state index contributed by atoms with van der Waals surface area (Å²) in [5.74, 6) is 2.51. The normalized spacial score (nSPS) is 11.6. The Morgan fingerprint density at radius 2 is 1.97 bits per heavy atom. The van der Waals surface area contributed by atoms with Crippen LogP contribution in [0.25, 0.3) is 10.9 Å². The largest absolute Gasteiger partial charge is 0.382 e. The molecule has 2 aromatic heterocycles. The third kappa shape index (κ3) is 6.93. The van der Waals surface area contributed by atoms with E-state index in [9.17, 15) is 0 Å². The van der Waals surface area contributed by atoms with Crippen LogP contribution in [0.5, 0.6) is 0 Å². The molecule has 2 heterocycles. The predicted octanol–water partition coefficient (Wildman–Crippen LogP) is 3.49. The van der Waals surface area contributed by atoms with Gasteiger partial charge in [0.25, 0.3) is 0 Å². The quantitative estimate of drug-likeness (QED) is 0.146. The van der Waals surface area contributed by atoms with Gasteiger partial charge in [0.05, 0.1) is 0 Å². The fourth-order valence-corrected chi connectivity index (χ4v) is 3.53. The summed E-state index contributed by atoms with van der Waals surface area (Å²) in [6.07, 6.45) is 5.00. The number of ether oxygens (including phenoxy) is 1. The van der Waals surface area contributed by atoms with Gasteiger partial charge in [0.1, 0.15) is 12.4 Å². The molecule has 0 aliphatic rings. The van der Waals surface area contributed by atoms with Crippen molar-refractivity contribution in [3.05, 3.63) is 47.2 Å². The lowest BCUT2D eigenvalue weighted by molar-refractivity contribution is 0.145. The number of nitrogens with zero attached hydrogens (tertiary/aromatic N) is 4. The second kappa shape index (κ2) is 13.4. The topological polar surface area (TPSA) is 92.2 Å². The lowest BCUT2D eigenvalue weighted by Gasteiger charge is -2.13. The van der Waals surface area contributed by atoms with Crippen molar-refractivity contribution in [3.8, 4) is 0 Å². The zero-order valence-corrected chi connectivity index (χ0v) is 21.9. The molecular weight excluding hydrogens is 517 g/mol. The van der Waals surface area contributed by atoms with Crippen LogP contribution in [0, 0.1) is 6.92 Å².